The molecule has 0 saturated carbocycles. The Morgan fingerprint density at radius 2 is 1.80 bits per heavy atom. The van der Waals surface area contributed by atoms with E-state index >= 15 is 0 Å². The molecule has 0 saturated heterocycles. The molecule has 7 rings (SSSR count). The van der Waals surface area contributed by atoms with E-state index in [1.54, 1.807) is 46.4 Å². The summed E-state index contributed by atoms with van der Waals surface area (Å²) < 4.78 is 9.32. The number of hydrogen-bond acceptors (Lipinski definition) is 9. The van der Waals surface area contributed by atoms with E-state index in [1.807, 2.05) is 24.3 Å². The Bertz CT molecular complexity index is 2050. The SMILES string of the molecule is O=C1CN(C(=O)c2cc3ncccn3n2)CCNC(=O)Cn2cnc3c2CCN(C(=O)c2cncc(Cl)c2)C3c2cccc(c2)OCCCN1. The van der Waals surface area contributed by atoms with Crippen molar-refractivity contribution in [1.29, 1.82) is 0 Å². The lowest BCUT2D eigenvalue weighted by molar-refractivity contribution is -0.121. The summed E-state index contributed by atoms with van der Waals surface area (Å²) in [5.74, 6) is -0.789. The molecular formula is C34H33ClN10O5. The van der Waals surface area contributed by atoms with Crippen LogP contribution in [0.25, 0.3) is 5.65 Å². The first kappa shape index (κ1) is 32.7. The number of fused-ring (bicyclic) bond motifs is 4. The van der Waals surface area contributed by atoms with Gasteiger partial charge in [-0.15, -0.1) is 0 Å². The van der Waals surface area contributed by atoms with Crippen LogP contribution in [-0.2, 0) is 22.6 Å². The number of hydrogen-bond donors (Lipinski definition) is 2. The van der Waals surface area contributed by atoms with Gasteiger partial charge >= 0.3 is 0 Å². The normalized spacial score (nSPS) is 17.4. The standard InChI is InChI=1S/C34H33ClN10O5/c35-24-14-23(17-36-18-24)33(48)44-11-6-27-31-32(44)22-4-1-5-25(15-22)50-13-3-8-38-29(46)19-42(12-9-39-30(47)20-43(27)21-40-31)34(49)26-16-28-37-7-2-10-45(28)41-26/h1-2,4-5,7,10,14-18,21,32H,3,6,8-9,11-13,19-20H2,(H,38,46)(H,39,47). The molecule has 1 aromatic carbocycles. The van der Waals surface area contributed by atoms with E-state index in [9.17, 15) is 19.2 Å². The monoisotopic (exact) mass is 696 g/mol. The van der Waals surface area contributed by atoms with Crippen molar-refractivity contribution in [2.45, 2.75) is 25.4 Å². The number of benzene rings is 1. The third-order valence-corrected chi connectivity index (χ3v) is 8.74. The minimum atomic E-state index is -0.572. The minimum absolute atomic E-state index is 0.0309. The van der Waals surface area contributed by atoms with Crippen molar-refractivity contribution in [2.24, 2.45) is 0 Å². The summed E-state index contributed by atoms with van der Waals surface area (Å²) in [6, 6.07) is 11.7. The van der Waals surface area contributed by atoms with Gasteiger partial charge in [-0.3, -0.25) is 24.2 Å². The Labute approximate surface area is 291 Å². The van der Waals surface area contributed by atoms with E-state index in [-0.39, 0.29) is 49.6 Å². The van der Waals surface area contributed by atoms with Crippen molar-refractivity contribution >= 4 is 40.9 Å². The molecule has 2 N–H and O–H groups in total. The van der Waals surface area contributed by atoms with Crippen molar-refractivity contribution in [3.8, 4) is 5.75 Å². The fourth-order valence-electron chi connectivity index (χ4n) is 6.20. The highest BCUT2D eigenvalue weighted by Crippen LogP contribution is 2.36. The first-order valence-electron chi connectivity index (χ1n) is 16.2. The highest BCUT2D eigenvalue weighted by Gasteiger charge is 2.36. The van der Waals surface area contributed by atoms with Gasteiger partial charge in [0.25, 0.3) is 11.8 Å². The number of nitrogens with zero attached hydrogens (tertiary/aromatic N) is 8. The molecule has 2 aliphatic rings. The number of imidazole rings is 1. The summed E-state index contributed by atoms with van der Waals surface area (Å²) in [5.41, 5.74) is 3.24. The summed E-state index contributed by atoms with van der Waals surface area (Å²) in [7, 11) is 0. The van der Waals surface area contributed by atoms with Crippen LogP contribution >= 0.6 is 11.6 Å². The third kappa shape index (κ3) is 6.98. The molecule has 4 amide bonds. The van der Waals surface area contributed by atoms with Crippen molar-refractivity contribution in [3.05, 3.63) is 107 Å². The Morgan fingerprint density at radius 3 is 2.66 bits per heavy atom. The Balaban J connectivity index is 1.16. The first-order valence-corrected chi connectivity index (χ1v) is 16.5. The number of pyridine rings is 1. The summed E-state index contributed by atoms with van der Waals surface area (Å²) in [6.45, 7) is 0.891. The van der Waals surface area contributed by atoms with Gasteiger partial charge in [0.1, 0.15) is 18.3 Å². The lowest BCUT2D eigenvalue weighted by atomic mass is 9.94. The van der Waals surface area contributed by atoms with Crippen molar-refractivity contribution in [1.82, 2.24) is 49.6 Å². The molecule has 5 aromatic rings. The lowest BCUT2D eigenvalue weighted by Gasteiger charge is -2.36. The molecule has 1 unspecified atom stereocenters. The van der Waals surface area contributed by atoms with Gasteiger partial charge in [-0.1, -0.05) is 23.7 Å². The zero-order valence-corrected chi connectivity index (χ0v) is 27.6. The number of nitrogens with one attached hydrogen (secondary N) is 2. The topological polar surface area (TPSA) is 169 Å². The largest absolute Gasteiger partial charge is 0.494 e. The average Bonchev–Trinajstić information content (AvgIpc) is 3.74. The average molecular weight is 697 g/mol. The molecular weight excluding hydrogens is 664 g/mol. The molecule has 256 valence electrons. The summed E-state index contributed by atoms with van der Waals surface area (Å²) >= 11 is 6.18. The summed E-state index contributed by atoms with van der Waals surface area (Å²) in [4.78, 5) is 69.7. The number of carbonyl (C=O) groups excluding carboxylic acids is 4. The maximum atomic E-state index is 13.9. The maximum absolute atomic E-state index is 13.9. The molecule has 0 spiro atoms. The van der Waals surface area contributed by atoms with E-state index in [0.717, 1.165) is 11.3 Å². The predicted molar refractivity (Wildman–Crippen MR) is 180 cm³/mol. The van der Waals surface area contributed by atoms with Crippen molar-refractivity contribution < 1.29 is 23.9 Å². The van der Waals surface area contributed by atoms with Crippen LogP contribution in [0.15, 0.2) is 73.6 Å². The van der Waals surface area contributed by atoms with E-state index < -0.39 is 11.9 Å². The first-order chi connectivity index (χ1) is 24.3. The second-order valence-corrected chi connectivity index (χ2v) is 12.3. The molecule has 2 aliphatic heterocycles. The fourth-order valence-corrected chi connectivity index (χ4v) is 6.37. The molecule has 6 heterocycles. The fraction of sp³-hybridized carbons (Fsp3) is 0.294. The number of amides is 4. The molecule has 16 heteroatoms. The van der Waals surface area contributed by atoms with Crippen LogP contribution in [0.4, 0.5) is 0 Å². The van der Waals surface area contributed by atoms with Gasteiger partial charge in [-0.05, 0) is 36.2 Å². The third-order valence-electron chi connectivity index (χ3n) is 8.53. The lowest BCUT2D eigenvalue weighted by Crippen LogP contribution is -2.45. The highest BCUT2D eigenvalue weighted by molar-refractivity contribution is 6.30. The Morgan fingerprint density at radius 1 is 0.940 bits per heavy atom. The Kier molecular flexibility index (Phi) is 9.38. The predicted octanol–water partition coefficient (Wildman–Crippen LogP) is 1.92. The van der Waals surface area contributed by atoms with Crippen LogP contribution in [0.5, 0.6) is 5.75 Å². The Hall–Kier alpha value is -5.83. The second-order valence-electron chi connectivity index (χ2n) is 11.9. The zero-order valence-electron chi connectivity index (χ0n) is 26.9. The summed E-state index contributed by atoms with van der Waals surface area (Å²) in [6.07, 6.45) is 8.80. The van der Waals surface area contributed by atoms with Gasteiger partial charge in [-0.2, -0.15) is 5.10 Å². The zero-order chi connectivity index (χ0) is 34.6. The molecule has 1 atom stereocenters. The smallest absolute Gasteiger partial charge is 0.274 e. The number of halogens is 1. The molecule has 0 radical (unpaired) electrons. The van der Waals surface area contributed by atoms with Crippen LogP contribution in [0.3, 0.4) is 0 Å². The van der Waals surface area contributed by atoms with Crippen molar-refractivity contribution in [3.63, 3.8) is 0 Å². The van der Waals surface area contributed by atoms with Gasteiger partial charge in [0.15, 0.2) is 11.3 Å². The van der Waals surface area contributed by atoms with E-state index in [2.05, 4.69) is 25.7 Å². The number of rotatable bonds is 2. The van der Waals surface area contributed by atoms with Gasteiger partial charge in [-0.25, -0.2) is 14.5 Å². The number of carbonyl (C=O) groups is 4. The molecule has 15 nitrogen and oxygen atoms in total. The van der Waals surface area contributed by atoms with Crippen LogP contribution in [0.1, 0.15) is 50.3 Å². The molecule has 0 fully saturated rings. The van der Waals surface area contributed by atoms with Gasteiger partial charge in [0.2, 0.25) is 11.8 Å². The van der Waals surface area contributed by atoms with Gasteiger partial charge in [0.05, 0.1) is 35.8 Å². The van der Waals surface area contributed by atoms with E-state index in [4.69, 9.17) is 21.3 Å². The summed E-state index contributed by atoms with van der Waals surface area (Å²) in [5, 5.41) is 10.4. The minimum Gasteiger partial charge on any atom is -0.494 e. The van der Waals surface area contributed by atoms with E-state index in [1.165, 1.54) is 21.8 Å². The van der Waals surface area contributed by atoms with E-state index in [0.29, 0.717) is 60.2 Å². The van der Waals surface area contributed by atoms with Crippen LogP contribution in [0, 0.1) is 0 Å². The van der Waals surface area contributed by atoms with Gasteiger partial charge < -0.3 is 29.7 Å². The molecule has 4 aromatic heterocycles. The van der Waals surface area contributed by atoms with Crippen LogP contribution in [-0.4, -0.2) is 102 Å². The molecule has 0 aliphatic carbocycles. The van der Waals surface area contributed by atoms with Crippen LogP contribution in [0.2, 0.25) is 5.02 Å². The van der Waals surface area contributed by atoms with Crippen molar-refractivity contribution in [2.75, 3.05) is 39.3 Å². The number of ether oxygens (including phenoxy) is 1. The van der Waals surface area contributed by atoms with Gasteiger partial charge in [0, 0.05) is 69.1 Å². The quantitative estimate of drug-likeness (QED) is 0.280. The molecule has 50 heavy (non-hydrogen) atoms. The molecule has 6 bridgehead atoms. The highest BCUT2D eigenvalue weighted by atomic mass is 35.5. The van der Waals surface area contributed by atoms with Crippen LogP contribution < -0.4 is 15.4 Å². The second kappa shape index (κ2) is 14.3. The maximum Gasteiger partial charge on any atom is 0.274 e. The number of aromatic nitrogens is 6.